The van der Waals surface area contributed by atoms with Crippen LogP contribution in [0.1, 0.15) is 129 Å². The summed E-state index contributed by atoms with van der Waals surface area (Å²) in [5.41, 5.74) is 24.4. The van der Waals surface area contributed by atoms with E-state index < -0.39 is 25.9 Å². The van der Waals surface area contributed by atoms with Crippen LogP contribution in [0.25, 0.3) is 45.5 Å². The van der Waals surface area contributed by atoms with Gasteiger partial charge < -0.3 is 0 Å². The van der Waals surface area contributed by atoms with E-state index in [0.29, 0.717) is 0 Å². The minimum atomic E-state index is -5.68. The molecular formula is C58H63Cl2SiZr. The summed E-state index contributed by atoms with van der Waals surface area (Å²) in [4.78, 5) is 0. The number of unbranched alkanes of at least 4 members (excludes halogenated alkanes) is 2. The molecule has 2 atom stereocenters. The summed E-state index contributed by atoms with van der Waals surface area (Å²) in [6, 6.07) is 40.2. The molecule has 4 heteroatoms. The van der Waals surface area contributed by atoms with Crippen molar-refractivity contribution < 1.29 is 16.4 Å². The van der Waals surface area contributed by atoms with Gasteiger partial charge in [-0.1, -0.05) is 0 Å². The average molecular weight is 950 g/mol. The van der Waals surface area contributed by atoms with Gasteiger partial charge in [0.15, 0.2) is 0 Å². The van der Waals surface area contributed by atoms with Gasteiger partial charge >= 0.3 is 386 Å². The van der Waals surface area contributed by atoms with Crippen molar-refractivity contribution in [3.63, 3.8) is 0 Å². The van der Waals surface area contributed by atoms with Crippen LogP contribution in [0, 0.1) is 27.7 Å². The Kier molecular flexibility index (Phi) is 12.1. The molecular weight excluding hydrogens is 887 g/mol. The van der Waals surface area contributed by atoms with Crippen molar-refractivity contribution in [3.8, 4) is 33.4 Å². The topological polar surface area (TPSA) is 0 Å². The standard InChI is InChI=1S/2C23H27.C12H9Si.2ClH.Zr/c2*1-5-7-8-18-14-20-10-9-19(6-2)23(22(20)15-18)21-12-16(3)11-17(4)13-21;1-3-7-11-9(5-1)10-6-2-4-8-12(10)13-11;;;/h2*9-15H,5-8H2,1-4H3;1-7H,13H2;2*1H;/q;;;;;+2/p-2. The molecule has 0 saturated heterocycles. The summed E-state index contributed by atoms with van der Waals surface area (Å²) in [5, 5.41) is 3.01. The van der Waals surface area contributed by atoms with Crippen LogP contribution in [0.4, 0.5) is 0 Å². The third-order valence-electron chi connectivity index (χ3n) is 14.6. The SMILES string of the molecule is CCCCC1=Cc2c(ccc(CC)c2-c2cc(C)cc(C)c2)[CH]1[Zr]([Cl])([Cl])([c]1cccc2c1[SiH2]c1ccccc1-2)[CH]1C(CCCC)=Cc2c1ccc(CC)c2-c1cc(C)cc(C)c1. The number of rotatable bonds is 13. The second-order valence-corrected chi connectivity index (χ2v) is 41.4. The molecule has 0 nitrogen and oxygen atoms in total. The predicted octanol–water partition coefficient (Wildman–Crippen LogP) is 14.8. The first-order chi connectivity index (χ1) is 29.9. The Morgan fingerprint density at radius 1 is 0.532 bits per heavy atom. The molecule has 317 valence electrons. The van der Waals surface area contributed by atoms with Crippen LogP contribution in [0.3, 0.4) is 0 Å². The van der Waals surface area contributed by atoms with E-state index in [0.717, 1.165) is 51.4 Å². The van der Waals surface area contributed by atoms with Crippen LogP contribution < -0.4 is 13.6 Å². The summed E-state index contributed by atoms with van der Waals surface area (Å²) in [6.45, 7) is 18.2. The van der Waals surface area contributed by atoms with E-state index in [9.17, 15) is 17.0 Å². The third kappa shape index (κ3) is 7.19. The number of halogens is 2. The van der Waals surface area contributed by atoms with E-state index in [1.54, 1.807) is 0 Å². The molecule has 62 heavy (non-hydrogen) atoms. The van der Waals surface area contributed by atoms with Crippen molar-refractivity contribution in [2.75, 3.05) is 0 Å². The Morgan fingerprint density at radius 3 is 1.47 bits per heavy atom. The van der Waals surface area contributed by atoms with Crippen LogP contribution >= 0.6 is 17.0 Å². The van der Waals surface area contributed by atoms with Crippen molar-refractivity contribution >= 4 is 52.3 Å². The Balaban J connectivity index is 1.40. The van der Waals surface area contributed by atoms with E-state index >= 15 is 0 Å². The molecule has 6 aromatic rings. The van der Waals surface area contributed by atoms with Crippen molar-refractivity contribution in [2.45, 2.75) is 114 Å². The number of aryl methyl sites for hydroxylation is 6. The molecule has 0 bridgehead atoms. The van der Waals surface area contributed by atoms with Gasteiger partial charge in [0.1, 0.15) is 0 Å². The molecule has 1 aliphatic heterocycles. The Bertz CT molecular complexity index is 2640. The number of hydrogen-bond acceptors (Lipinski definition) is 0. The molecule has 0 amide bonds. The fourth-order valence-electron chi connectivity index (χ4n) is 12.1. The summed E-state index contributed by atoms with van der Waals surface area (Å²) in [6.07, 6.45) is 13.6. The van der Waals surface area contributed by atoms with Crippen LogP contribution in [0.2, 0.25) is 0 Å². The zero-order valence-corrected chi connectivity index (χ0v) is 43.6. The second-order valence-electron chi connectivity index (χ2n) is 19.0. The van der Waals surface area contributed by atoms with E-state index in [4.69, 9.17) is 0 Å². The number of hydrogen-bond donors (Lipinski definition) is 0. The molecule has 0 spiro atoms. The number of fused-ring (bicyclic) bond motifs is 5. The van der Waals surface area contributed by atoms with Crippen molar-refractivity contribution in [1.29, 1.82) is 0 Å². The van der Waals surface area contributed by atoms with Crippen molar-refractivity contribution in [1.82, 2.24) is 0 Å². The van der Waals surface area contributed by atoms with E-state index in [-0.39, 0.29) is 7.25 Å². The molecule has 0 saturated carbocycles. The summed E-state index contributed by atoms with van der Waals surface area (Å²) in [5.74, 6) is 0. The first kappa shape index (κ1) is 43.7. The van der Waals surface area contributed by atoms with Crippen LogP contribution in [-0.4, -0.2) is 9.52 Å². The third-order valence-corrected chi connectivity index (χ3v) is 37.4. The van der Waals surface area contributed by atoms with Crippen LogP contribution in [-0.2, 0) is 29.2 Å². The number of allylic oxidation sites excluding steroid dienone is 2. The zero-order valence-electron chi connectivity index (χ0n) is 38.2. The molecule has 6 aromatic carbocycles. The quantitative estimate of drug-likeness (QED) is 0.101. The summed E-state index contributed by atoms with van der Waals surface area (Å²) >= 11 is -5.68. The van der Waals surface area contributed by atoms with E-state index in [1.165, 1.54) is 114 Å². The Hall–Kier alpha value is -3.52. The summed E-state index contributed by atoms with van der Waals surface area (Å²) < 4.78 is 1.19. The van der Waals surface area contributed by atoms with Crippen molar-refractivity contribution in [2.24, 2.45) is 0 Å². The summed E-state index contributed by atoms with van der Waals surface area (Å²) in [7, 11) is 18.2. The van der Waals surface area contributed by atoms with Gasteiger partial charge in [0, 0.05) is 0 Å². The molecule has 1 heterocycles. The van der Waals surface area contributed by atoms with Gasteiger partial charge in [-0.3, -0.25) is 0 Å². The van der Waals surface area contributed by atoms with Gasteiger partial charge in [-0.2, -0.15) is 0 Å². The van der Waals surface area contributed by atoms with Gasteiger partial charge in [-0.15, -0.1) is 0 Å². The van der Waals surface area contributed by atoms with Gasteiger partial charge in [-0.05, 0) is 0 Å². The predicted molar refractivity (Wildman–Crippen MR) is 273 cm³/mol. The maximum atomic E-state index is 9.52. The van der Waals surface area contributed by atoms with E-state index in [2.05, 4.69) is 171 Å². The molecule has 3 aliphatic rings. The fourth-order valence-corrected chi connectivity index (χ4v) is 40.1. The first-order valence-electron chi connectivity index (χ1n) is 23.6. The monoisotopic (exact) mass is 947 g/mol. The maximum absolute atomic E-state index is 9.52. The number of benzene rings is 6. The zero-order chi connectivity index (χ0) is 43.5. The fraction of sp³-hybridized carbons (Fsp3) is 0.310. The van der Waals surface area contributed by atoms with Crippen LogP contribution in [0.5, 0.6) is 0 Å². The van der Waals surface area contributed by atoms with Gasteiger partial charge in [0.2, 0.25) is 0 Å². The van der Waals surface area contributed by atoms with Crippen molar-refractivity contribution in [3.05, 3.63) is 170 Å². The molecule has 0 aromatic heterocycles. The van der Waals surface area contributed by atoms with E-state index in [1.807, 2.05) is 0 Å². The van der Waals surface area contributed by atoms with Gasteiger partial charge in [0.05, 0.1) is 0 Å². The molecule has 0 fully saturated rings. The normalized spacial score (nSPS) is 17.3. The second kappa shape index (κ2) is 17.1. The Labute approximate surface area is 383 Å². The minimum absolute atomic E-state index is 0.0717. The first-order valence-corrected chi connectivity index (χ1v) is 35.4. The molecule has 2 unspecified atom stereocenters. The Morgan fingerprint density at radius 2 is 1.00 bits per heavy atom. The van der Waals surface area contributed by atoms with Crippen LogP contribution in [0.15, 0.2) is 114 Å². The molecule has 0 N–H and O–H groups in total. The van der Waals surface area contributed by atoms with Gasteiger partial charge in [0.25, 0.3) is 0 Å². The average Bonchev–Trinajstić information content (AvgIpc) is 3.95. The van der Waals surface area contributed by atoms with Gasteiger partial charge in [-0.25, -0.2) is 0 Å². The molecule has 2 aliphatic carbocycles. The molecule has 9 rings (SSSR count). The molecule has 0 radical (unpaired) electrons.